The molecule has 1 N–H and O–H groups in total. The van der Waals surface area contributed by atoms with E-state index in [2.05, 4.69) is 4.74 Å². The van der Waals surface area contributed by atoms with Crippen molar-refractivity contribution in [2.75, 3.05) is 13.7 Å². The highest BCUT2D eigenvalue weighted by Crippen LogP contribution is 1.93. The number of carbonyl (C=O) groups is 1. The zero-order valence-corrected chi connectivity index (χ0v) is 4.93. The Bertz CT molecular complexity index is 130. The molecule has 0 aliphatic rings. The van der Waals surface area contributed by atoms with Gasteiger partial charge in [0.1, 0.15) is 0 Å². The summed E-state index contributed by atoms with van der Waals surface area (Å²) in [7, 11) is 1.35. The lowest BCUT2D eigenvalue weighted by atomic mass is 10.5. The van der Waals surface area contributed by atoms with Gasteiger partial charge in [0.25, 0.3) is 0 Å². The van der Waals surface area contributed by atoms with Crippen LogP contribution in [-0.2, 0) is 9.53 Å². The number of ether oxygens (including phenoxy) is 1. The number of rotatable bonds is 3. The summed E-state index contributed by atoms with van der Waals surface area (Å²) < 4.78 is 16.3. The summed E-state index contributed by atoms with van der Waals surface area (Å²) in [6, 6.07) is 0. The summed E-state index contributed by atoms with van der Waals surface area (Å²) >= 11 is 0. The van der Waals surface area contributed by atoms with E-state index in [0.717, 1.165) is 6.08 Å². The van der Waals surface area contributed by atoms with Crippen molar-refractivity contribution in [3.8, 4) is 0 Å². The first kappa shape index (κ1) is 8.10. The van der Waals surface area contributed by atoms with Crippen LogP contribution in [0.3, 0.4) is 0 Å². The third kappa shape index (κ3) is 3.66. The van der Waals surface area contributed by atoms with E-state index in [4.69, 9.17) is 5.11 Å². The van der Waals surface area contributed by atoms with Gasteiger partial charge in [-0.15, -0.1) is 0 Å². The number of carboxylic acids is 1. The van der Waals surface area contributed by atoms with Crippen LogP contribution >= 0.6 is 0 Å². The van der Waals surface area contributed by atoms with Gasteiger partial charge in [0.15, 0.2) is 0 Å². The molecule has 0 bridgehead atoms. The molecule has 52 valence electrons. The van der Waals surface area contributed by atoms with Crippen molar-refractivity contribution in [2.24, 2.45) is 0 Å². The maximum atomic E-state index is 11.9. The Hall–Kier alpha value is -0.900. The molecule has 0 atom stereocenters. The minimum Gasteiger partial charge on any atom is -0.476 e. The summed E-state index contributed by atoms with van der Waals surface area (Å²) in [4.78, 5) is 9.71. The molecule has 0 heterocycles. The van der Waals surface area contributed by atoms with E-state index in [1.807, 2.05) is 0 Å². The first-order chi connectivity index (χ1) is 4.18. The van der Waals surface area contributed by atoms with Crippen molar-refractivity contribution in [2.45, 2.75) is 0 Å². The summed E-state index contributed by atoms with van der Waals surface area (Å²) in [6.45, 7) is -0.0157. The molecule has 0 aromatic heterocycles. The Kier molecular flexibility index (Phi) is 3.62. The molecule has 0 fully saturated rings. The highest BCUT2D eigenvalue weighted by molar-refractivity contribution is 5.83. The fraction of sp³-hybridized carbons (Fsp3) is 0.400. The van der Waals surface area contributed by atoms with Crippen LogP contribution in [-0.4, -0.2) is 24.8 Å². The van der Waals surface area contributed by atoms with Crippen molar-refractivity contribution >= 4 is 5.97 Å². The van der Waals surface area contributed by atoms with E-state index in [0.29, 0.717) is 0 Å². The summed E-state index contributed by atoms with van der Waals surface area (Å²) in [5.41, 5.74) is 0. The molecule has 0 aromatic rings. The second kappa shape index (κ2) is 4.03. The molecule has 4 heteroatoms. The van der Waals surface area contributed by atoms with Gasteiger partial charge in [0.05, 0.1) is 6.61 Å². The molecule has 0 saturated carbocycles. The van der Waals surface area contributed by atoms with E-state index in [1.165, 1.54) is 7.11 Å². The highest BCUT2D eigenvalue weighted by Gasteiger charge is 2.02. The second-order valence-electron chi connectivity index (χ2n) is 1.31. The van der Waals surface area contributed by atoms with E-state index < -0.39 is 11.8 Å². The molecule has 0 aromatic carbocycles. The average molecular weight is 134 g/mol. The standard InChI is InChI=1S/C5H7FO3/c1-9-3-2-4(6)5(7)8/h2H,3H2,1H3,(H,7,8)/b4-2-. The molecule has 9 heavy (non-hydrogen) atoms. The fourth-order valence-electron chi connectivity index (χ4n) is 0.244. The van der Waals surface area contributed by atoms with Crippen LogP contribution in [0.4, 0.5) is 4.39 Å². The van der Waals surface area contributed by atoms with Gasteiger partial charge in [0, 0.05) is 7.11 Å². The molecule has 0 unspecified atom stereocenters. The van der Waals surface area contributed by atoms with Crippen molar-refractivity contribution in [3.05, 3.63) is 11.9 Å². The van der Waals surface area contributed by atoms with Crippen molar-refractivity contribution in [1.82, 2.24) is 0 Å². The fourth-order valence-corrected chi connectivity index (χ4v) is 0.244. The largest absolute Gasteiger partial charge is 0.476 e. The summed E-state index contributed by atoms with van der Waals surface area (Å²) in [6.07, 6.45) is 0.850. The molecule has 0 spiro atoms. The van der Waals surface area contributed by atoms with E-state index >= 15 is 0 Å². The molecule has 0 saturated heterocycles. The normalized spacial score (nSPS) is 11.6. The molecule has 0 radical (unpaired) electrons. The molecule has 0 rings (SSSR count). The average Bonchev–Trinajstić information content (AvgIpc) is 1.82. The Labute approximate surface area is 51.7 Å². The monoisotopic (exact) mass is 134 g/mol. The minimum absolute atomic E-state index is 0.0157. The number of halogens is 1. The summed E-state index contributed by atoms with van der Waals surface area (Å²) in [5.74, 6) is -2.75. The van der Waals surface area contributed by atoms with Gasteiger partial charge in [-0.25, -0.2) is 4.79 Å². The van der Waals surface area contributed by atoms with Crippen LogP contribution in [0.1, 0.15) is 0 Å². The van der Waals surface area contributed by atoms with Crippen molar-refractivity contribution in [3.63, 3.8) is 0 Å². The van der Waals surface area contributed by atoms with Gasteiger partial charge >= 0.3 is 5.97 Å². The number of methoxy groups -OCH3 is 1. The Morgan fingerprint density at radius 3 is 2.78 bits per heavy atom. The lowest BCUT2D eigenvalue weighted by Crippen LogP contribution is -1.96. The molecule has 3 nitrogen and oxygen atoms in total. The van der Waals surface area contributed by atoms with Crippen LogP contribution in [0.25, 0.3) is 0 Å². The van der Waals surface area contributed by atoms with Crippen molar-refractivity contribution in [1.29, 1.82) is 0 Å². The van der Waals surface area contributed by atoms with Crippen LogP contribution in [0.5, 0.6) is 0 Å². The summed E-state index contributed by atoms with van der Waals surface area (Å²) in [5, 5.41) is 7.91. The maximum Gasteiger partial charge on any atom is 0.364 e. The van der Waals surface area contributed by atoms with Gasteiger partial charge in [-0.2, -0.15) is 4.39 Å². The SMILES string of the molecule is COC/C=C(\F)C(=O)O. The van der Waals surface area contributed by atoms with E-state index in [-0.39, 0.29) is 6.61 Å². The molecule has 0 amide bonds. The van der Waals surface area contributed by atoms with Crippen LogP contribution in [0.15, 0.2) is 11.9 Å². The lowest BCUT2D eigenvalue weighted by molar-refractivity contribution is -0.134. The van der Waals surface area contributed by atoms with Crippen LogP contribution < -0.4 is 0 Å². The molecule has 0 aliphatic heterocycles. The third-order valence-electron chi connectivity index (χ3n) is 0.634. The second-order valence-corrected chi connectivity index (χ2v) is 1.31. The van der Waals surface area contributed by atoms with Gasteiger partial charge in [-0.3, -0.25) is 0 Å². The Balaban J connectivity index is 3.69. The van der Waals surface area contributed by atoms with Gasteiger partial charge in [0.2, 0.25) is 5.83 Å². The lowest BCUT2D eigenvalue weighted by Gasteiger charge is -1.87. The first-order valence-electron chi connectivity index (χ1n) is 2.26. The number of aliphatic carboxylic acids is 1. The zero-order valence-electron chi connectivity index (χ0n) is 4.93. The third-order valence-corrected chi connectivity index (χ3v) is 0.634. The quantitative estimate of drug-likeness (QED) is 0.574. The van der Waals surface area contributed by atoms with E-state index in [9.17, 15) is 9.18 Å². The molecular weight excluding hydrogens is 127 g/mol. The van der Waals surface area contributed by atoms with Crippen LogP contribution in [0, 0.1) is 0 Å². The predicted octanol–water partition coefficient (Wildman–Crippen LogP) is 0.571. The number of carboxylic acid groups (broad SMARTS) is 1. The number of hydrogen-bond acceptors (Lipinski definition) is 2. The van der Waals surface area contributed by atoms with Gasteiger partial charge < -0.3 is 9.84 Å². The zero-order chi connectivity index (χ0) is 7.28. The molecular formula is C5H7FO3. The Morgan fingerprint density at radius 1 is 1.89 bits per heavy atom. The topological polar surface area (TPSA) is 46.5 Å². The van der Waals surface area contributed by atoms with Crippen molar-refractivity contribution < 1.29 is 19.0 Å². The minimum atomic E-state index is -1.56. The van der Waals surface area contributed by atoms with Gasteiger partial charge in [-0.1, -0.05) is 0 Å². The predicted molar refractivity (Wildman–Crippen MR) is 28.7 cm³/mol. The first-order valence-corrected chi connectivity index (χ1v) is 2.26. The van der Waals surface area contributed by atoms with Gasteiger partial charge in [-0.05, 0) is 6.08 Å². The molecule has 0 aliphatic carbocycles. The Morgan fingerprint density at radius 2 is 2.44 bits per heavy atom. The van der Waals surface area contributed by atoms with E-state index in [1.54, 1.807) is 0 Å². The highest BCUT2D eigenvalue weighted by atomic mass is 19.1. The van der Waals surface area contributed by atoms with Crippen LogP contribution in [0.2, 0.25) is 0 Å². The number of hydrogen-bond donors (Lipinski definition) is 1. The maximum absolute atomic E-state index is 11.9. The smallest absolute Gasteiger partial charge is 0.364 e.